The second-order valence-electron chi connectivity index (χ2n) is 9.69. The molecule has 1 fully saturated rings. The van der Waals surface area contributed by atoms with Crippen molar-refractivity contribution in [2.75, 3.05) is 25.1 Å². The lowest BCUT2D eigenvalue weighted by Gasteiger charge is -2.31. The van der Waals surface area contributed by atoms with Gasteiger partial charge in [0.25, 0.3) is 10.0 Å². The molecule has 12 heteroatoms. The number of likely N-dealkylation sites (tertiary alicyclic amines) is 1. The van der Waals surface area contributed by atoms with Crippen molar-refractivity contribution >= 4 is 58.8 Å². The molecule has 2 N–H and O–H groups in total. The van der Waals surface area contributed by atoms with E-state index in [2.05, 4.69) is 25.8 Å². The first-order valence-electron chi connectivity index (χ1n) is 12.3. The van der Waals surface area contributed by atoms with Gasteiger partial charge in [-0.3, -0.25) is 9.69 Å². The molecule has 2 aromatic carbocycles. The Morgan fingerprint density at radius 1 is 1.03 bits per heavy atom. The fraction of sp³-hybridized carbons (Fsp3) is 0.259. The van der Waals surface area contributed by atoms with Crippen LogP contribution in [0.15, 0.2) is 70.2 Å². The first-order valence-corrected chi connectivity index (χ1v) is 16.5. The lowest BCUT2D eigenvalue weighted by atomic mass is 10.1. The van der Waals surface area contributed by atoms with E-state index >= 15 is 0 Å². The molecule has 5 rings (SSSR count). The average molecular weight is 632 g/mol. The molecule has 39 heavy (non-hydrogen) atoms. The summed E-state index contributed by atoms with van der Waals surface area (Å²) in [6, 6.07) is 15.5. The van der Waals surface area contributed by atoms with Gasteiger partial charge in [0, 0.05) is 23.8 Å². The van der Waals surface area contributed by atoms with Gasteiger partial charge in [-0.15, -0.1) is 0 Å². The molecule has 0 saturated carbocycles. The van der Waals surface area contributed by atoms with Gasteiger partial charge in [0.05, 0.1) is 37.8 Å². The highest BCUT2D eigenvalue weighted by molar-refractivity contribution is 9.10. The third kappa shape index (κ3) is 5.13. The number of sulfone groups is 1. The Hall–Kier alpha value is -3.06. The Morgan fingerprint density at radius 3 is 2.26 bits per heavy atom. The summed E-state index contributed by atoms with van der Waals surface area (Å²) in [5, 5.41) is 0.0261. The number of hydrogen-bond acceptors (Lipinski definition) is 8. The molecule has 1 saturated heterocycles. The van der Waals surface area contributed by atoms with Crippen LogP contribution >= 0.6 is 15.9 Å². The van der Waals surface area contributed by atoms with Gasteiger partial charge in [-0.25, -0.2) is 25.8 Å². The molecule has 0 spiro atoms. The molecule has 1 aliphatic heterocycles. The summed E-state index contributed by atoms with van der Waals surface area (Å²) in [4.78, 5) is 18.6. The van der Waals surface area contributed by atoms with Crippen LogP contribution in [0.1, 0.15) is 28.8 Å². The number of halogens is 1. The molecule has 3 heterocycles. The van der Waals surface area contributed by atoms with E-state index in [0.717, 1.165) is 9.54 Å². The molecule has 1 aliphatic rings. The highest BCUT2D eigenvalue weighted by Gasteiger charge is 2.30. The third-order valence-electron chi connectivity index (χ3n) is 7.13. The maximum atomic E-state index is 13.9. The number of nitrogens with zero attached hydrogens (tertiary/aromatic N) is 3. The van der Waals surface area contributed by atoms with Crippen molar-refractivity contribution in [2.24, 2.45) is 0 Å². The first-order chi connectivity index (χ1) is 18.5. The van der Waals surface area contributed by atoms with Crippen LogP contribution in [0, 0.1) is 0 Å². The van der Waals surface area contributed by atoms with Crippen LogP contribution in [0.5, 0.6) is 0 Å². The summed E-state index contributed by atoms with van der Waals surface area (Å²) in [5.74, 6) is 0. The van der Waals surface area contributed by atoms with Gasteiger partial charge in [0.1, 0.15) is 9.84 Å². The number of nitrogens with two attached hydrogens (primary N) is 1. The minimum absolute atomic E-state index is 0.0797. The number of pyridine rings is 1. The molecule has 204 valence electrons. The number of hydrogen-bond donors (Lipinski definition) is 1. The number of rotatable bonds is 7. The van der Waals surface area contributed by atoms with Crippen molar-refractivity contribution in [3.63, 3.8) is 0 Å². The Bertz CT molecular complexity index is 1760. The van der Waals surface area contributed by atoms with Crippen LogP contribution in [0.25, 0.3) is 22.3 Å². The van der Waals surface area contributed by atoms with Crippen LogP contribution in [-0.2, 0) is 26.4 Å². The molecule has 4 aromatic rings. The van der Waals surface area contributed by atoms with Crippen molar-refractivity contribution in [3.8, 4) is 11.3 Å². The Balaban J connectivity index is 1.56. The predicted octanol–water partition coefficient (Wildman–Crippen LogP) is 4.11. The molecule has 0 amide bonds. The molecule has 9 nitrogen and oxygen atoms in total. The summed E-state index contributed by atoms with van der Waals surface area (Å²) < 4.78 is 53.1. The first kappa shape index (κ1) is 27.5. The minimum Gasteiger partial charge on any atom is -0.397 e. The maximum absolute atomic E-state index is 13.9. The quantitative estimate of drug-likeness (QED) is 0.302. The van der Waals surface area contributed by atoms with Gasteiger partial charge >= 0.3 is 0 Å². The largest absolute Gasteiger partial charge is 0.397 e. The second kappa shape index (κ2) is 10.5. The second-order valence-corrected chi connectivity index (χ2v) is 14.6. The van der Waals surface area contributed by atoms with Crippen LogP contribution in [0.3, 0.4) is 0 Å². The fourth-order valence-electron chi connectivity index (χ4n) is 5.04. The molecular formula is C27H27BrN4O5S2. The zero-order chi connectivity index (χ0) is 27.9. The molecule has 2 aromatic heterocycles. The summed E-state index contributed by atoms with van der Waals surface area (Å²) in [7, 11) is -7.14. The van der Waals surface area contributed by atoms with E-state index in [-0.39, 0.29) is 27.0 Å². The highest BCUT2D eigenvalue weighted by Crippen LogP contribution is 2.41. The van der Waals surface area contributed by atoms with Crippen molar-refractivity contribution in [1.29, 1.82) is 0 Å². The number of piperidine rings is 1. The summed E-state index contributed by atoms with van der Waals surface area (Å²) in [6.07, 6.45) is 4.40. The molecular weight excluding hydrogens is 604 g/mol. The Kier molecular flexibility index (Phi) is 7.40. The number of nitrogen functional groups attached to an aromatic ring is 1. The van der Waals surface area contributed by atoms with Crippen molar-refractivity contribution in [1.82, 2.24) is 13.9 Å². The number of carbonyl (C=O) groups excluding carboxylic acids is 1. The normalized spacial score (nSPS) is 15.5. The zero-order valence-corrected chi connectivity index (χ0v) is 24.3. The van der Waals surface area contributed by atoms with Crippen molar-refractivity contribution in [2.45, 2.75) is 29.5 Å². The third-order valence-corrected chi connectivity index (χ3v) is 11.3. The number of benzene rings is 2. The molecule has 0 aliphatic carbocycles. The topological polar surface area (TPSA) is 132 Å². The van der Waals surface area contributed by atoms with E-state index in [1.54, 1.807) is 18.2 Å². The number of anilines is 1. The van der Waals surface area contributed by atoms with E-state index in [4.69, 9.17) is 5.73 Å². The van der Waals surface area contributed by atoms with Gasteiger partial charge in [-0.2, -0.15) is 0 Å². The van der Waals surface area contributed by atoms with Gasteiger partial charge in [-0.05, 0) is 59.6 Å². The van der Waals surface area contributed by atoms with Crippen molar-refractivity contribution in [3.05, 3.63) is 76.4 Å². The van der Waals surface area contributed by atoms with E-state index in [1.807, 2.05) is 24.3 Å². The van der Waals surface area contributed by atoms with Gasteiger partial charge in [-0.1, -0.05) is 42.5 Å². The van der Waals surface area contributed by atoms with Crippen LogP contribution in [-0.4, -0.2) is 61.6 Å². The monoisotopic (exact) mass is 630 g/mol. The standard InChI is InChI=1S/C27H27BrN4O5S2/c1-38(34,35)20-11-13-31(14-12-20)16-18-7-9-19(10-8-18)26-25(28)24-22(17-33)23(29)15-30-27(24)32(26)39(36,37)21-5-3-2-4-6-21/h2-10,15,17,20H,11-14,16,29H2,1H3. The van der Waals surface area contributed by atoms with E-state index in [9.17, 15) is 21.6 Å². The molecule has 0 bridgehead atoms. The minimum atomic E-state index is -4.10. The number of aldehydes is 1. The van der Waals surface area contributed by atoms with Gasteiger partial charge in [0.2, 0.25) is 0 Å². The summed E-state index contributed by atoms with van der Waals surface area (Å²) >= 11 is 3.55. The van der Waals surface area contributed by atoms with Crippen LogP contribution in [0.4, 0.5) is 5.69 Å². The molecule has 0 radical (unpaired) electrons. The Labute approximate surface area is 235 Å². The number of aromatic nitrogens is 2. The fourth-order valence-corrected chi connectivity index (χ4v) is 8.53. The summed E-state index contributed by atoms with van der Waals surface area (Å²) in [6.45, 7) is 2.03. The predicted molar refractivity (Wildman–Crippen MR) is 155 cm³/mol. The molecule has 0 unspecified atom stereocenters. The maximum Gasteiger partial charge on any atom is 0.269 e. The average Bonchev–Trinajstić information content (AvgIpc) is 3.22. The van der Waals surface area contributed by atoms with E-state index < -0.39 is 19.9 Å². The summed E-state index contributed by atoms with van der Waals surface area (Å²) in [5.41, 5.74) is 8.36. The number of carbonyl (C=O) groups is 1. The van der Waals surface area contributed by atoms with Crippen molar-refractivity contribution < 1.29 is 21.6 Å². The van der Waals surface area contributed by atoms with Gasteiger partial charge in [0.15, 0.2) is 11.9 Å². The lowest BCUT2D eigenvalue weighted by molar-refractivity contribution is 0.112. The highest BCUT2D eigenvalue weighted by atomic mass is 79.9. The SMILES string of the molecule is CS(=O)(=O)C1CCN(Cc2ccc(-c3c(Br)c4c(C=O)c(N)cnc4n3S(=O)(=O)c3ccccc3)cc2)CC1. The number of fused-ring (bicyclic) bond motifs is 1. The van der Waals surface area contributed by atoms with Crippen LogP contribution < -0.4 is 5.73 Å². The zero-order valence-electron chi connectivity index (χ0n) is 21.1. The lowest BCUT2D eigenvalue weighted by Crippen LogP contribution is -2.38. The van der Waals surface area contributed by atoms with Crippen LogP contribution in [0.2, 0.25) is 0 Å². The van der Waals surface area contributed by atoms with E-state index in [1.165, 1.54) is 24.6 Å². The van der Waals surface area contributed by atoms with E-state index in [0.29, 0.717) is 59.9 Å². The molecule has 0 atom stereocenters. The Morgan fingerprint density at radius 2 is 1.67 bits per heavy atom. The smallest absolute Gasteiger partial charge is 0.269 e. The van der Waals surface area contributed by atoms with Gasteiger partial charge < -0.3 is 5.73 Å².